The Balaban J connectivity index is 2.28. The SMILES string of the molecule is CCC1C(=O)ON=C1c1ccc(C(F)(F)F)cc1. The maximum atomic E-state index is 12.4. The van der Waals surface area contributed by atoms with Crippen LogP contribution in [0.3, 0.4) is 0 Å². The second-order valence-electron chi connectivity index (χ2n) is 3.92. The van der Waals surface area contributed by atoms with Gasteiger partial charge in [-0.15, -0.1) is 0 Å². The van der Waals surface area contributed by atoms with E-state index < -0.39 is 23.6 Å². The van der Waals surface area contributed by atoms with Crippen molar-refractivity contribution in [1.29, 1.82) is 0 Å². The van der Waals surface area contributed by atoms with Crippen LogP contribution < -0.4 is 0 Å². The third kappa shape index (κ3) is 2.23. The topological polar surface area (TPSA) is 38.7 Å². The van der Waals surface area contributed by atoms with E-state index in [0.29, 0.717) is 17.7 Å². The third-order valence-electron chi connectivity index (χ3n) is 2.76. The number of hydrogen-bond donors (Lipinski definition) is 0. The molecule has 0 spiro atoms. The second kappa shape index (κ2) is 4.44. The van der Waals surface area contributed by atoms with Gasteiger partial charge >= 0.3 is 12.1 Å². The summed E-state index contributed by atoms with van der Waals surface area (Å²) in [7, 11) is 0. The predicted octanol–water partition coefficient (Wildman–Crippen LogP) is 2.99. The van der Waals surface area contributed by atoms with Gasteiger partial charge in [0.05, 0.1) is 5.56 Å². The minimum atomic E-state index is -4.37. The lowest BCUT2D eigenvalue weighted by molar-refractivity contribution is -0.143. The van der Waals surface area contributed by atoms with Gasteiger partial charge in [0.1, 0.15) is 11.6 Å². The van der Waals surface area contributed by atoms with Crippen molar-refractivity contribution in [2.75, 3.05) is 0 Å². The zero-order chi connectivity index (χ0) is 13.3. The minimum absolute atomic E-state index is 0.385. The Morgan fingerprint density at radius 2 is 1.89 bits per heavy atom. The predicted molar refractivity (Wildman–Crippen MR) is 57.9 cm³/mol. The molecule has 2 rings (SSSR count). The largest absolute Gasteiger partial charge is 0.416 e. The molecule has 0 aromatic heterocycles. The van der Waals surface area contributed by atoms with E-state index in [1.54, 1.807) is 6.92 Å². The first-order chi connectivity index (χ1) is 8.43. The molecule has 18 heavy (non-hydrogen) atoms. The molecule has 1 aliphatic rings. The molecular weight excluding hydrogens is 247 g/mol. The van der Waals surface area contributed by atoms with E-state index in [4.69, 9.17) is 0 Å². The van der Waals surface area contributed by atoms with Crippen molar-refractivity contribution in [3.8, 4) is 0 Å². The molecule has 0 saturated carbocycles. The number of halogens is 3. The molecule has 6 heteroatoms. The summed E-state index contributed by atoms with van der Waals surface area (Å²) in [4.78, 5) is 15.8. The van der Waals surface area contributed by atoms with Gasteiger partial charge in [0.2, 0.25) is 0 Å². The number of rotatable bonds is 2. The highest BCUT2D eigenvalue weighted by Crippen LogP contribution is 2.30. The van der Waals surface area contributed by atoms with Crippen molar-refractivity contribution in [2.45, 2.75) is 19.5 Å². The average Bonchev–Trinajstić information content (AvgIpc) is 2.69. The summed E-state index contributed by atoms with van der Waals surface area (Å²) >= 11 is 0. The summed E-state index contributed by atoms with van der Waals surface area (Å²) in [5.74, 6) is -0.964. The highest BCUT2D eigenvalue weighted by Gasteiger charge is 2.33. The Kier molecular flexibility index (Phi) is 3.11. The molecule has 0 saturated heterocycles. The first-order valence-electron chi connectivity index (χ1n) is 5.40. The summed E-state index contributed by atoms with van der Waals surface area (Å²) in [5.41, 5.74) is 0.127. The lowest BCUT2D eigenvalue weighted by Gasteiger charge is -2.09. The van der Waals surface area contributed by atoms with Crippen molar-refractivity contribution in [3.63, 3.8) is 0 Å². The van der Waals surface area contributed by atoms with E-state index in [0.717, 1.165) is 12.1 Å². The third-order valence-corrected chi connectivity index (χ3v) is 2.76. The van der Waals surface area contributed by atoms with Crippen LogP contribution in [-0.2, 0) is 15.8 Å². The monoisotopic (exact) mass is 257 g/mol. The lowest BCUT2D eigenvalue weighted by atomic mass is 9.94. The molecule has 96 valence electrons. The van der Waals surface area contributed by atoms with Gasteiger partial charge in [-0.25, -0.2) is 4.79 Å². The number of nitrogens with zero attached hydrogens (tertiary/aromatic N) is 1. The Morgan fingerprint density at radius 1 is 1.28 bits per heavy atom. The van der Waals surface area contributed by atoms with Gasteiger partial charge in [0.15, 0.2) is 0 Å². The number of oxime groups is 1. The van der Waals surface area contributed by atoms with Crippen LogP contribution in [0.25, 0.3) is 0 Å². The smallest absolute Gasteiger partial charge is 0.317 e. The van der Waals surface area contributed by atoms with Crippen molar-refractivity contribution in [3.05, 3.63) is 35.4 Å². The van der Waals surface area contributed by atoms with Crippen LogP contribution in [0.15, 0.2) is 29.4 Å². The summed E-state index contributed by atoms with van der Waals surface area (Å²) in [5, 5.41) is 3.62. The van der Waals surface area contributed by atoms with Gasteiger partial charge in [0, 0.05) is 5.56 Å². The number of carbonyl (C=O) groups is 1. The molecule has 1 unspecified atom stereocenters. The van der Waals surface area contributed by atoms with Crippen LogP contribution in [0.4, 0.5) is 13.2 Å². The summed E-state index contributed by atoms with van der Waals surface area (Å²) in [6, 6.07) is 4.53. The van der Waals surface area contributed by atoms with Crippen molar-refractivity contribution in [2.24, 2.45) is 11.1 Å². The van der Waals surface area contributed by atoms with E-state index >= 15 is 0 Å². The number of alkyl halides is 3. The normalized spacial score (nSPS) is 19.7. The van der Waals surface area contributed by atoms with E-state index in [2.05, 4.69) is 9.99 Å². The zero-order valence-corrected chi connectivity index (χ0v) is 9.49. The summed E-state index contributed by atoms with van der Waals surface area (Å²) in [6.07, 6.45) is -3.87. The van der Waals surface area contributed by atoms with Crippen LogP contribution >= 0.6 is 0 Å². The van der Waals surface area contributed by atoms with E-state index in [1.807, 2.05) is 0 Å². The highest BCUT2D eigenvalue weighted by atomic mass is 19.4. The molecule has 1 atom stereocenters. The molecule has 1 heterocycles. The number of benzene rings is 1. The lowest BCUT2D eigenvalue weighted by Crippen LogP contribution is -2.18. The molecule has 0 radical (unpaired) electrons. The van der Waals surface area contributed by atoms with Crippen molar-refractivity contribution < 1.29 is 22.8 Å². The van der Waals surface area contributed by atoms with Crippen LogP contribution in [0.2, 0.25) is 0 Å². The van der Waals surface area contributed by atoms with Gasteiger partial charge in [-0.2, -0.15) is 13.2 Å². The fraction of sp³-hybridized carbons (Fsp3) is 0.333. The van der Waals surface area contributed by atoms with E-state index in [9.17, 15) is 18.0 Å². The van der Waals surface area contributed by atoms with Crippen LogP contribution in [0, 0.1) is 5.92 Å². The van der Waals surface area contributed by atoms with Crippen LogP contribution in [0.5, 0.6) is 0 Å². The average molecular weight is 257 g/mol. The van der Waals surface area contributed by atoms with Crippen LogP contribution in [-0.4, -0.2) is 11.7 Å². The van der Waals surface area contributed by atoms with Gasteiger partial charge < -0.3 is 4.84 Å². The zero-order valence-electron chi connectivity index (χ0n) is 9.49. The molecule has 0 fully saturated rings. The minimum Gasteiger partial charge on any atom is -0.317 e. The van der Waals surface area contributed by atoms with Gasteiger partial charge in [-0.05, 0) is 18.6 Å². The fourth-order valence-corrected chi connectivity index (χ4v) is 1.78. The van der Waals surface area contributed by atoms with Gasteiger partial charge in [0.25, 0.3) is 0 Å². The van der Waals surface area contributed by atoms with Crippen LogP contribution in [0.1, 0.15) is 24.5 Å². The maximum absolute atomic E-state index is 12.4. The van der Waals surface area contributed by atoms with E-state index in [1.165, 1.54) is 12.1 Å². The van der Waals surface area contributed by atoms with Crippen molar-refractivity contribution >= 4 is 11.7 Å². The molecule has 0 N–H and O–H groups in total. The number of carbonyl (C=O) groups excluding carboxylic acids is 1. The molecule has 0 aliphatic carbocycles. The first kappa shape index (κ1) is 12.6. The fourth-order valence-electron chi connectivity index (χ4n) is 1.78. The summed E-state index contributed by atoms with van der Waals surface area (Å²) < 4.78 is 37.2. The Morgan fingerprint density at radius 3 is 2.39 bits per heavy atom. The first-order valence-corrected chi connectivity index (χ1v) is 5.40. The molecule has 0 amide bonds. The molecule has 1 aliphatic heterocycles. The molecule has 1 aromatic carbocycles. The quantitative estimate of drug-likeness (QED) is 0.764. The Hall–Kier alpha value is -1.85. The van der Waals surface area contributed by atoms with E-state index in [-0.39, 0.29) is 0 Å². The van der Waals surface area contributed by atoms with Crippen molar-refractivity contribution in [1.82, 2.24) is 0 Å². The molecule has 1 aromatic rings. The Labute approximate surface area is 101 Å². The standard InChI is InChI=1S/C12H10F3NO2/c1-2-9-10(16-18-11(9)17)7-3-5-8(6-4-7)12(13,14)15/h3-6,9H,2H2,1H3. The van der Waals surface area contributed by atoms with Gasteiger partial charge in [-0.3, -0.25) is 0 Å². The molecule has 0 bridgehead atoms. The maximum Gasteiger partial charge on any atom is 0.416 e. The summed E-state index contributed by atoms with van der Waals surface area (Å²) in [6.45, 7) is 1.79. The molecule has 3 nitrogen and oxygen atoms in total. The van der Waals surface area contributed by atoms with Gasteiger partial charge in [-0.1, -0.05) is 24.2 Å². The highest BCUT2D eigenvalue weighted by molar-refractivity contribution is 6.13. The Bertz CT molecular complexity index is 491. The molecular formula is C12H10F3NO2. The number of hydrogen-bond acceptors (Lipinski definition) is 3. The second-order valence-corrected chi connectivity index (χ2v) is 3.92.